The van der Waals surface area contributed by atoms with E-state index in [1.165, 1.54) is 44.1 Å². The van der Waals surface area contributed by atoms with Crippen LogP contribution < -0.4 is 5.32 Å². The minimum absolute atomic E-state index is 0.172. The first-order valence-electron chi connectivity index (χ1n) is 7.96. The summed E-state index contributed by atoms with van der Waals surface area (Å²) in [5.74, 6) is -0.172. The average Bonchev–Trinajstić information content (AvgIpc) is 2.50. The van der Waals surface area contributed by atoms with Crippen molar-refractivity contribution < 1.29 is 4.79 Å². The molecule has 1 atom stereocenters. The maximum Gasteiger partial charge on any atom is 0.252 e. The van der Waals surface area contributed by atoms with E-state index in [0.717, 1.165) is 6.42 Å². The Hall–Kier alpha value is -1.82. The van der Waals surface area contributed by atoms with E-state index >= 15 is 0 Å². The van der Waals surface area contributed by atoms with Gasteiger partial charge in [0, 0.05) is 5.56 Å². The van der Waals surface area contributed by atoms with Crippen molar-refractivity contribution in [3.8, 4) is 6.07 Å². The molecule has 0 unspecified atom stereocenters. The second-order valence-corrected chi connectivity index (χ2v) is 5.54. The van der Waals surface area contributed by atoms with Crippen LogP contribution in [0.3, 0.4) is 0 Å². The molecule has 3 nitrogen and oxygen atoms in total. The van der Waals surface area contributed by atoms with Crippen LogP contribution in [-0.2, 0) is 6.42 Å². The fraction of sp³-hybridized carbons (Fsp3) is 0.556. The van der Waals surface area contributed by atoms with Gasteiger partial charge in [0.05, 0.1) is 6.07 Å². The number of carbonyl (C=O) groups is 1. The topological polar surface area (TPSA) is 52.9 Å². The lowest BCUT2D eigenvalue weighted by Crippen LogP contribution is -2.31. The molecule has 0 aliphatic rings. The lowest BCUT2D eigenvalue weighted by molar-refractivity contribution is 0.0947. The average molecular weight is 286 g/mol. The molecule has 0 fully saturated rings. The van der Waals surface area contributed by atoms with Gasteiger partial charge in [-0.1, -0.05) is 51.2 Å². The van der Waals surface area contributed by atoms with Crippen molar-refractivity contribution in [1.82, 2.24) is 5.32 Å². The van der Waals surface area contributed by atoms with Gasteiger partial charge < -0.3 is 5.32 Å². The van der Waals surface area contributed by atoms with E-state index in [1.54, 1.807) is 13.0 Å². The molecule has 1 aromatic carbocycles. The summed E-state index contributed by atoms with van der Waals surface area (Å²) in [4.78, 5) is 12.0. The van der Waals surface area contributed by atoms with Crippen molar-refractivity contribution in [2.45, 2.75) is 64.8 Å². The molecule has 0 bridgehead atoms. The van der Waals surface area contributed by atoms with Gasteiger partial charge in [-0.2, -0.15) is 5.26 Å². The van der Waals surface area contributed by atoms with Crippen LogP contribution in [0.4, 0.5) is 0 Å². The highest BCUT2D eigenvalue weighted by Gasteiger charge is 2.09. The number of nitrogens with zero attached hydrogens (tertiary/aromatic N) is 1. The highest BCUT2D eigenvalue weighted by atomic mass is 16.1. The molecule has 3 heteroatoms. The summed E-state index contributed by atoms with van der Waals surface area (Å²) in [6, 6.07) is 9.26. The van der Waals surface area contributed by atoms with Crippen molar-refractivity contribution in [3.63, 3.8) is 0 Å². The van der Waals surface area contributed by atoms with Crippen molar-refractivity contribution in [2.75, 3.05) is 0 Å². The molecule has 1 rings (SSSR count). The molecule has 1 aromatic rings. The zero-order chi connectivity index (χ0) is 15.5. The van der Waals surface area contributed by atoms with Crippen molar-refractivity contribution >= 4 is 5.91 Å². The first kappa shape index (κ1) is 17.2. The largest absolute Gasteiger partial charge is 0.337 e. The third-order valence-corrected chi connectivity index (χ3v) is 3.55. The molecule has 0 saturated carbocycles. The van der Waals surface area contributed by atoms with Crippen LogP contribution in [0.15, 0.2) is 24.3 Å². The molecule has 0 radical (unpaired) electrons. The molecule has 1 N–H and O–H groups in total. The van der Waals surface area contributed by atoms with Gasteiger partial charge in [-0.15, -0.1) is 0 Å². The summed E-state index contributed by atoms with van der Waals surface area (Å²) >= 11 is 0. The molecule has 0 aliphatic heterocycles. The van der Waals surface area contributed by atoms with E-state index < -0.39 is 6.04 Å². The van der Waals surface area contributed by atoms with Gasteiger partial charge in [-0.05, 0) is 37.5 Å². The quantitative estimate of drug-likeness (QED) is 0.691. The van der Waals surface area contributed by atoms with Crippen LogP contribution in [0.25, 0.3) is 0 Å². The van der Waals surface area contributed by atoms with E-state index in [9.17, 15) is 4.79 Å². The number of carbonyl (C=O) groups excluding carboxylic acids is 1. The Labute approximate surface area is 128 Å². The van der Waals surface area contributed by atoms with Crippen LogP contribution in [0.1, 0.15) is 68.3 Å². The Balaban J connectivity index is 2.42. The lowest BCUT2D eigenvalue weighted by atomic mass is 10.0. The summed E-state index contributed by atoms with van der Waals surface area (Å²) in [7, 11) is 0. The highest BCUT2D eigenvalue weighted by molar-refractivity contribution is 5.94. The molecule has 1 amide bonds. The maximum atomic E-state index is 12.0. The van der Waals surface area contributed by atoms with E-state index in [1.807, 2.05) is 18.2 Å². The molecule has 0 aliphatic carbocycles. The number of hydrogen-bond donors (Lipinski definition) is 1. The second kappa shape index (κ2) is 9.99. The van der Waals surface area contributed by atoms with E-state index in [0.29, 0.717) is 5.56 Å². The van der Waals surface area contributed by atoms with Crippen LogP contribution in [0.5, 0.6) is 0 Å². The second-order valence-electron chi connectivity index (χ2n) is 5.54. The number of rotatable bonds is 9. The van der Waals surface area contributed by atoms with Gasteiger partial charge in [0.15, 0.2) is 0 Å². The standard InChI is InChI=1S/C18H26N2O/c1-3-4-5-6-7-8-10-16-11-9-12-17(13-16)18(21)20-15(2)14-19/h9,11-13,15H,3-8,10H2,1-2H3,(H,20,21)/t15-/m0/s1. The Morgan fingerprint density at radius 2 is 1.95 bits per heavy atom. The molecule has 21 heavy (non-hydrogen) atoms. The van der Waals surface area contributed by atoms with E-state index in [-0.39, 0.29) is 5.91 Å². The molecule has 0 heterocycles. The number of benzene rings is 1. The number of hydrogen-bond acceptors (Lipinski definition) is 2. The maximum absolute atomic E-state index is 12.0. The van der Waals surface area contributed by atoms with Crippen LogP contribution in [0, 0.1) is 11.3 Å². The van der Waals surface area contributed by atoms with Crippen LogP contribution in [0.2, 0.25) is 0 Å². The Bertz CT molecular complexity index is 476. The fourth-order valence-corrected chi connectivity index (χ4v) is 2.29. The number of aryl methyl sites for hydroxylation is 1. The molecule has 114 valence electrons. The smallest absolute Gasteiger partial charge is 0.252 e. The fourth-order valence-electron chi connectivity index (χ4n) is 2.29. The predicted molar refractivity (Wildman–Crippen MR) is 86.1 cm³/mol. The molecular weight excluding hydrogens is 260 g/mol. The molecule has 0 spiro atoms. The number of nitriles is 1. The summed E-state index contributed by atoms with van der Waals surface area (Å²) in [5, 5.41) is 11.4. The van der Waals surface area contributed by atoms with Crippen molar-refractivity contribution in [1.29, 1.82) is 5.26 Å². The third kappa shape index (κ3) is 6.94. The van der Waals surface area contributed by atoms with Gasteiger partial charge in [-0.25, -0.2) is 0 Å². The number of unbranched alkanes of at least 4 members (excludes halogenated alkanes) is 5. The normalized spacial score (nSPS) is 11.7. The number of nitrogens with one attached hydrogen (secondary N) is 1. The summed E-state index contributed by atoms with van der Waals surface area (Å²) in [6.45, 7) is 3.90. The van der Waals surface area contributed by atoms with E-state index in [4.69, 9.17) is 5.26 Å². The minimum atomic E-state index is -0.459. The summed E-state index contributed by atoms with van der Waals surface area (Å²) in [6.07, 6.45) is 8.66. The zero-order valence-electron chi connectivity index (χ0n) is 13.2. The SMILES string of the molecule is CCCCCCCCc1cccc(C(=O)N[C@@H](C)C#N)c1. The van der Waals surface area contributed by atoms with Gasteiger partial charge >= 0.3 is 0 Å². The molecule has 0 aromatic heterocycles. The van der Waals surface area contributed by atoms with Crippen LogP contribution >= 0.6 is 0 Å². The zero-order valence-corrected chi connectivity index (χ0v) is 13.2. The Kier molecular flexibility index (Phi) is 8.19. The monoisotopic (exact) mass is 286 g/mol. The first-order chi connectivity index (χ1) is 10.2. The first-order valence-corrected chi connectivity index (χ1v) is 7.96. The van der Waals surface area contributed by atoms with Crippen molar-refractivity contribution in [3.05, 3.63) is 35.4 Å². The molecular formula is C18H26N2O. The van der Waals surface area contributed by atoms with Gasteiger partial charge in [0.1, 0.15) is 6.04 Å². The minimum Gasteiger partial charge on any atom is -0.337 e. The van der Waals surface area contributed by atoms with Gasteiger partial charge in [-0.3, -0.25) is 4.79 Å². The van der Waals surface area contributed by atoms with Crippen LogP contribution in [-0.4, -0.2) is 11.9 Å². The van der Waals surface area contributed by atoms with Gasteiger partial charge in [0.25, 0.3) is 5.91 Å². The van der Waals surface area contributed by atoms with E-state index in [2.05, 4.69) is 18.3 Å². The highest BCUT2D eigenvalue weighted by Crippen LogP contribution is 2.12. The molecule has 0 saturated heterocycles. The predicted octanol–water partition coefficient (Wildman–Crippen LogP) is 4.23. The van der Waals surface area contributed by atoms with Crippen molar-refractivity contribution in [2.24, 2.45) is 0 Å². The third-order valence-electron chi connectivity index (χ3n) is 3.55. The van der Waals surface area contributed by atoms with Gasteiger partial charge in [0.2, 0.25) is 0 Å². The summed E-state index contributed by atoms with van der Waals surface area (Å²) < 4.78 is 0. The Morgan fingerprint density at radius 1 is 1.24 bits per heavy atom. The lowest BCUT2D eigenvalue weighted by Gasteiger charge is -2.08. The number of amides is 1. The summed E-state index contributed by atoms with van der Waals surface area (Å²) in [5.41, 5.74) is 1.84. The Morgan fingerprint density at radius 3 is 2.67 bits per heavy atom.